The van der Waals surface area contributed by atoms with Crippen LogP contribution < -0.4 is 10.6 Å². The molecule has 2 aromatic rings. The maximum Gasteiger partial charge on any atom is 0.0690 e. The highest BCUT2D eigenvalue weighted by Gasteiger charge is 2.22. The summed E-state index contributed by atoms with van der Waals surface area (Å²) >= 11 is 12.6. The molecule has 0 aliphatic carbocycles. The summed E-state index contributed by atoms with van der Waals surface area (Å²) in [7, 11) is 2.01. The quantitative estimate of drug-likeness (QED) is 0.905. The van der Waals surface area contributed by atoms with E-state index in [1.54, 1.807) is 0 Å². The Labute approximate surface area is 130 Å². The lowest BCUT2D eigenvalue weighted by molar-refractivity contribution is 0.679. The number of nitrogens with two attached hydrogens (primary N) is 1. The number of para-hydroxylation sites is 1. The lowest BCUT2D eigenvalue weighted by atomic mass is 10.0. The lowest BCUT2D eigenvalue weighted by Crippen LogP contribution is -2.31. The third kappa shape index (κ3) is 2.93. The van der Waals surface area contributed by atoms with Gasteiger partial charge in [-0.05, 0) is 30.7 Å². The van der Waals surface area contributed by atoms with Crippen molar-refractivity contribution in [2.75, 3.05) is 18.5 Å². The third-order valence-electron chi connectivity index (χ3n) is 3.52. The first-order valence-electron chi connectivity index (χ1n) is 6.48. The average molecular weight is 309 g/mol. The van der Waals surface area contributed by atoms with Gasteiger partial charge < -0.3 is 10.6 Å². The van der Waals surface area contributed by atoms with Gasteiger partial charge in [0.05, 0.1) is 6.04 Å². The number of anilines is 1. The molecule has 0 heterocycles. The molecule has 1 atom stereocenters. The van der Waals surface area contributed by atoms with Crippen molar-refractivity contribution in [2.45, 2.75) is 13.0 Å². The SMILES string of the molecule is Cc1ccccc1N(C)C(CN)c1c(Cl)cccc1Cl. The molecule has 0 radical (unpaired) electrons. The first-order chi connectivity index (χ1) is 9.56. The van der Waals surface area contributed by atoms with E-state index < -0.39 is 0 Å². The first kappa shape index (κ1) is 15.2. The van der Waals surface area contributed by atoms with Crippen molar-refractivity contribution >= 4 is 28.9 Å². The second-order valence-corrected chi connectivity index (χ2v) is 5.60. The molecule has 2 N–H and O–H groups in total. The van der Waals surface area contributed by atoms with Gasteiger partial charge in [0.1, 0.15) is 0 Å². The van der Waals surface area contributed by atoms with Crippen LogP contribution in [-0.2, 0) is 0 Å². The molecule has 0 amide bonds. The number of halogens is 2. The van der Waals surface area contributed by atoms with Crippen LogP contribution in [0, 0.1) is 6.92 Å². The fourth-order valence-corrected chi connectivity index (χ4v) is 3.08. The van der Waals surface area contributed by atoms with Crippen LogP contribution >= 0.6 is 23.2 Å². The highest BCUT2D eigenvalue weighted by Crippen LogP contribution is 2.35. The van der Waals surface area contributed by atoms with E-state index in [9.17, 15) is 0 Å². The van der Waals surface area contributed by atoms with Crippen molar-refractivity contribution in [3.63, 3.8) is 0 Å². The van der Waals surface area contributed by atoms with Gasteiger partial charge in [0.25, 0.3) is 0 Å². The predicted octanol–water partition coefficient (Wildman–Crippen LogP) is 4.44. The molecular weight excluding hydrogens is 291 g/mol. The van der Waals surface area contributed by atoms with Gasteiger partial charge >= 0.3 is 0 Å². The number of hydrogen-bond acceptors (Lipinski definition) is 2. The van der Waals surface area contributed by atoms with E-state index in [0.29, 0.717) is 16.6 Å². The Bertz CT molecular complexity index is 579. The van der Waals surface area contributed by atoms with Crippen LogP contribution in [0.1, 0.15) is 17.2 Å². The van der Waals surface area contributed by atoms with Gasteiger partial charge in [0.15, 0.2) is 0 Å². The summed E-state index contributed by atoms with van der Waals surface area (Å²) in [5.74, 6) is 0. The summed E-state index contributed by atoms with van der Waals surface area (Å²) < 4.78 is 0. The van der Waals surface area contributed by atoms with Crippen LogP contribution in [0.4, 0.5) is 5.69 Å². The lowest BCUT2D eigenvalue weighted by Gasteiger charge is -2.31. The third-order valence-corrected chi connectivity index (χ3v) is 4.18. The molecule has 1 unspecified atom stereocenters. The molecule has 0 fully saturated rings. The summed E-state index contributed by atoms with van der Waals surface area (Å²) in [6, 6.07) is 13.7. The monoisotopic (exact) mass is 308 g/mol. The molecule has 2 aromatic carbocycles. The Morgan fingerprint density at radius 3 is 2.20 bits per heavy atom. The van der Waals surface area contributed by atoms with Crippen LogP contribution in [0.5, 0.6) is 0 Å². The molecule has 0 aromatic heterocycles. The van der Waals surface area contributed by atoms with Gasteiger partial charge in [0.2, 0.25) is 0 Å². The minimum Gasteiger partial charge on any atom is -0.366 e. The molecular formula is C16H18Cl2N2. The smallest absolute Gasteiger partial charge is 0.0690 e. The minimum absolute atomic E-state index is 0.0581. The zero-order chi connectivity index (χ0) is 14.7. The number of likely N-dealkylation sites (N-methyl/N-ethyl adjacent to an activating group) is 1. The Hall–Kier alpha value is -1.22. The van der Waals surface area contributed by atoms with Gasteiger partial charge in [-0.15, -0.1) is 0 Å². The van der Waals surface area contributed by atoms with E-state index in [1.807, 2.05) is 37.4 Å². The zero-order valence-electron chi connectivity index (χ0n) is 11.6. The zero-order valence-corrected chi connectivity index (χ0v) is 13.1. The molecule has 0 aliphatic heterocycles. The van der Waals surface area contributed by atoms with E-state index >= 15 is 0 Å². The molecule has 0 saturated carbocycles. The second kappa shape index (κ2) is 6.49. The predicted molar refractivity (Wildman–Crippen MR) is 87.8 cm³/mol. The fraction of sp³-hybridized carbons (Fsp3) is 0.250. The van der Waals surface area contributed by atoms with Crippen molar-refractivity contribution in [3.05, 3.63) is 63.6 Å². The van der Waals surface area contributed by atoms with E-state index in [2.05, 4.69) is 24.0 Å². The maximum absolute atomic E-state index is 6.31. The number of rotatable bonds is 4. The van der Waals surface area contributed by atoms with Crippen molar-refractivity contribution < 1.29 is 0 Å². The van der Waals surface area contributed by atoms with Crippen LogP contribution in [0.3, 0.4) is 0 Å². The largest absolute Gasteiger partial charge is 0.366 e. The number of nitrogens with zero attached hydrogens (tertiary/aromatic N) is 1. The number of hydrogen-bond donors (Lipinski definition) is 1. The van der Waals surface area contributed by atoms with Crippen molar-refractivity contribution in [3.8, 4) is 0 Å². The normalized spacial score (nSPS) is 12.2. The molecule has 0 bridgehead atoms. The van der Waals surface area contributed by atoms with Crippen molar-refractivity contribution in [1.29, 1.82) is 0 Å². The first-order valence-corrected chi connectivity index (χ1v) is 7.24. The minimum atomic E-state index is -0.0581. The molecule has 0 aliphatic rings. The van der Waals surface area contributed by atoms with Gasteiger partial charge in [0, 0.05) is 34.9 Å². The summed E-state index contributed by atoms with van der Waals surface area (Å²) in [5.41, 5.74) is 9.17. The van der Waals surface area contributed by atoms with Crippen LogP contribution in [0.15, 0.2) is 42.5 Å². The number of aryl methyl sites for hydroxylation is 1. The molecule has 20 heavy (non-hydrogen) atoms. The van der Waals surface area contributed by atoms with Crippen molar-refractivity contribution in [2.24, 2.45) is 5.73 Å². The highest BCUT2D eigenvalue weighted by molar-refractivity contribution is 6.36. The van der Waals surface area contributed by atoms with Gasteiger partial charge in [-0.25, -0.2) is 0 Å². The van der Waals surface area contributed by atoms with Gasteiger partial charge in [-0.2, -0.15) is 0 Å². The van der Waals surface area contributed by atoms with Crippen LogP contribution in [0.2, 0.25) is 10.0 Å². The summed E-state index contributed by atoms with van der Waals surface area (Å²) in [6.07, 6.45) is 0. The average Bonchev–Trinajstić information content (AvgIpc) is 2.43. The maximum atomic E-state index is 6.31. The summed E-state index contributed by atoms with van der Waals surface area (Å²) in [5, 5.41) is 1.29. The standard InChI is InChI=1S/C16H18Cl2N2/c1-11-6-3-4-9-14(11)20(2)15(10-19)16-12(17)7-5-8-13(16)18/h3-9,15H,10,19H2,1-2H3. The Morgan fingerprint density at radius 1 is 1.05 bits per heavy atom. The van der Waals surface area contributed by atoms with Crippen LogP contribution in [0.25, 0.3) is 0 Å². The molecule has 2 nitrogen and oxygen atoms in total. The van der Waals surface area contributed by atoms with E-state index in [-0.39, 0.29) is 6.04 Å². The summed E-state index contributed by atoms with van der Waals surface area (Å²) in [4.78, 5) is 2.13. The molecule has 106 valence electrons. The Balaban J connectivity index is 2.45. The molecule has 2 rings (SSSR count). The molecule has 0 spiro atoms. The van der Waals surface area contributed by atoms with E-state index in [0.717, 1.165) is 11.3 Å². The highest BCUT2D eigenvalue weighted by atomic mass is 35.5. The Morgan fingerprint density at radius 2 is 1.65 bits per heavy atom. The van der Waals surface area contributed by atoms with Gasteiger partial charge in [-0.1, -0.05) is 47.5 Å². The summed E-state index contributed by atoms with van der Waals surface area (Å²) in [6.45, 7) is 2.52. The van der Waals surface area contributed by atoms with E-state index in [1.165, 1.54) is 5.56 Å². The molecule has 0 saturated heterocycles. The van der Waals surface area contributed by atoms with Gasteiger partial charge in [-0.3, -0.25) is 0 Å². The second-order valence-electron chi connectivity index (χ2n) is 4.78. The van der Waals surface area contributed by atoms with Crippen LogP contribution in [-0.4, -0.2) is 13.6 Å². The molecule has 4 heteroatoms. The fourth-order valence-electron chi connectivity index (χ4n) is 2.43. The Kier molecular flexibility index (Phi) is 4.92. The number of benzene rings is 2. The van der Waals surface area contributed by atoms with Crippen molar-refractivity contribution in [1.82, 2.24) is 0 Å². The van der Waals surface area contributed by atoms with E-state index in [4.69, 9.17) is 28.9 Å². The topological polar surface area (TPSA) is 29.3 Å².